The second-order valence-electron chi connectivity index (χ2n) is 5.63. The Morgan fingerprint density at radius 3 is 2.86 bits per heavy atom. The Kier molecular flexibility index (Phi) is 4.61. The number of pyridine rings is 1. The molecule has 1 heterocycles. The van der Waals surface area contributed by atoms with E-state index in [1.807, 2.05) is 6.20 Å². The first-order chi connectivity index (χ1) is 10.3. The van der Waals surface area contributed by atoms with Crippen molar-refractivity contribution >= 4 is 11.8 Å². The molecule has 0 bridgehead atoms. The first kappa shape index (κ1) is 14.6. The van der Waals surface area contributed by atoms with Gasteiger partial charge in [-0.1, -0.05) is 30.8 Å². The quantitative estimate of drug-likeness (QED) is 0.898. The van der Waals surface area contributed by atoms with Crippen LogP contribution in [0, 0.1) is 6.92 Å². The Bertz CT molecular complexity index is 637. The second-order valence-corrected chi connectivity index (χ2v) is 6.69. The van der Waals surface area contributed by atoms with Crippen LogP contribution in [0.15, 0.2) is 40.4 Å². The van der Waals surface area contributed by atoms with E-state index in [1.54, 1.807) is 11.8 Å². The summed E-state index contributed by atoms with van der Waals surface area (Å²) in [5.74, 6) is 0. The molecule has 0 spiro atoms. The summed E-state index contributed by atoms with van der Waals surface area (Å²) >= 11 is 1.78. The smallest absolute Gasteiger partial charge is 0.104 e. The normalized spacial score (nSPS) is 13.4. The number of rotatable bonds is 5. The van der Waals surface area contributed by atoms with Crippen molar-refractivity contribution < 1.29 is 0 Å². The minimum atomic E-state index is 0.897. The monoisotopic (exact) mass is 298 g/mol. The van der Waals surface area contributed by atoms with Crippen LogP contribution in [0.5, 0.6) is 0 Å². The highest BCUT2D eigenvalue weighted by atomic mass is 32.2. The zero-order valence-corrected chi connectivity index (χ0v) is 13.6. The minimum absolute atomic E-state index is 0.897. The van der Waals surface area contributed by atoms with Gasteiger partial charge in [0, 0.05) is 17.6 Å². The Morgan fingerprint density at radius 1 is 1.19 bits per heavy atom. The maximum absolute atomic E-state index is 4.64. The van der Waals surface area contributed by atoms with Crippen LogP contribution >= 0.6 is 11.8 Å². The maximum Gasteiger partial charge on any atom is 0.104 e. The van der Waals surface area contributed by atoms with Gasteiger partial charge in [-0.25, -0.2) is 4.98 Å². The average molecular weight is 298 g/mol. The molecule has 1 aliphatic carbocycles. The van der Waals surface area contributed by atoms with E-state index in [-0.39, 0.29) is 0 Å². The zero-order valence-electron chi connectivity index (χ0n) is 12.8. The third kappa shape index (κ3) is 3.47. The molecule has 0 fully saturated rings. The molecular weight excluding hydrogens is 276 g/mol. The molecule has 0 saturated heterocycles. The van der Waals surface area contributed by atoms with Crippen molar-refractivity contribution in [2.24, 2.45) is 0 Å². The summed E-state index contributed by atoms with van der Waals surface area (Å²) in [6, 6.07) is 9.12. The summed E-state index contributed by atoms with van der Waals surface area (Å²) in [7, 11) is 0. The van der Waals surface area contributed by atoms with E-state index in [0.717, 1.165) is 18.1 Å². The van der Waals surface area contributed by atoms with Gasteiger partial charge in [0.2, 0.25) is 0 Å². The maximum atomic E-state index is 4.64. The fourth-order valence-corrected chi connectivity index (χ4v) is 3.70. The molecule has 0 saturated carbocycles. The number of nitrogens with zero attached hydrogens (tertiary/aromatic N) is 1. The van der Waals surface area contributed by atoms with Crippen LogP contribution in [0.2, 0.25) is 0 Å². The van der Waals surface area contributed by atoms with Crippen LogP contribution in [-0.2, 0) is 19.4 Å². The fourth-order valence-electron chi connectivity index (χ4n) is 2.82. The van der Waals surface area contributed by atoms with Crippen molar-refractivity contribution in [1.82, 2.24) is 10.3 Å². The second kappa shape index (κ2) is 6.63. The van der Waals surface area contributed by atoms with Gasteiger partial charge in [-0.3, -0.25) is 0 Å². The third-order valence-corrected chi connectivity index (χ3v) is 5.06. The van der Waals surface area contributed by atoms with Crippen molar-refractivity contribution in [2.45, 2.75) is 49.6 Å². The zero-order chi connectivity index (χ0) is 14.7. The van der Waals surface area contributed by atoms with Crippen molar-refractivity contribution in [1.29, 1.82) is 0 Å². The van der Waals surface area contributed by atoms with E-state index in [4.69, 9.17) is 0 Å². The largest absolute Gasteiger partial charge is 0.313 e. The van der Waals surface area contributed by atoms with Gasteiger partial charge in [0.15, 0.2) is 0 Å². The average Bonchev–Trinajstić information content (AvgIpc) is 2.95. The molecule has 0 radical (unpaired) electrons. The van der Waals surface area contributed by atoms with Crippen LogP contribution in [0.25, 0.3) is 0 Å². The number of hydrogen-bond donors (Lipinski definition) is 1. The highest BCUT2D eigenvalue weighted by Gasteiger charge is 2.12. The highest BCUT2D eigenvalue weighted by Crippen LogP contribution is 2.32. The summed E-state index contributed by atoms with van der Waals surface area (Å²) in [5.41, 5.74) is 5.58. The lowest BCUT2D eigenvalue weighted by molar-refractivity contribution is 0.721. The standard InChI is InChI=1S/C18H22N2S/c1-3-19-11-14-9-13(2)18(20-12-14)21-17-8-7-15-5-4-6-16(15)10-17/h7-10,12,19H,3-6,11H2,1-2H3. The molecule has 3 rings (SSSR count). The number of fused-ring (bicyclic) bond motifs is 1. The topological polar surface area (TPSA) is 24.9 Å². The lowest BCUT2D eigenvalue weighted by Gasteiger charge is -2.09. The van der Waals surface area contributed by atoms with Crippen molar-refractivity contribution in [2.75, 3.05) is 6.54 Å². The van der Waals surface area contributed by atoms with Crippen molar-refractivity contribution in [3.05, 3.63) is 52.7 Å². The molecule has 1 aromatic heterocycles. The first-order valence-corrected chi connectivity index (χ1v) is 8.54. The molecule has 2 aromatic rings. The SMILES string of the molecule is CCNCc1cnc(Sc2ccc3c(c2)CCC3)c(C)c1. The predicted molar refractivity (Wildman–Crippen MR) is 88.9 cm³/mol. The Morgan fingerprint density at radius 2 is 2.05 bits per heavy atom. The molecule has 0 amide bonds. The van der Waals surface area contributed by atoms with E-state index in [2.05, 4.69) is 48.4 Å². The Hall–Kier alpha value is -1.32. The van der Waals surface area contributed by atoms with E-state index in [1.165, 1.54) is 46.4 Å². The molecular formula is C18H22N2S. The predicted octanol–water partition coefficient (Wildman–Crippen LogP) is 4.14. The number of nitrogens with one attached hydrogen (secondary N) is 1. The highest BCUT2D eigenvalue weighted by molar-refractivity contribution is 7.99. The summed E-state index contributed by atoms with van der Waals surface area (Å²) in [4.78, 5) is 5.95. The molecule has 1 aliphatic rings. The van der Waals surface area contributed by atoms with Gasteiger partial charge < -0.3 is 5.32 Å². The molecule has 2 nitrogen and oxygen atoms in total. The van der Waals surface area contributed by atoms with Crippen LogP contribution < -0.4 is 5.32 Å². The lowest BCUT2D eigenvalue weighted by atomic mass is 10.1. The Labute approximate surface area is 131 Å². The summed E-state index contributed by atoms with van der Waals surface area (Å²) in [6.45, 7) is 6.16. The van der Waals surface area contributed by atoms with Gasteiger partial charge >= 0.3 is 0 Å². The first-order valence-electron chi connectivity index (χ1n) is 7.72. The van der Waals surface area contributed by atoms with Gasteiger partial charge in [0.25, 0.3) is 0 Å². The number of hydrogen-bond acceptors (Lipinski definition) is 3. The number of aromatic nitrogens is 1. The third-order valence-electron chi connectivity index (χ3n) is 3.95. The molecule has 0 aliphatic heterocycles. The van der Waals surface area contributed by atoms with Gasteiger partial charge in [-0.2, -0.15) is 0 Å². The summed E-state index contributed by atoms with van der Waals surface area (Å²) in [6.07, 6.45) is 5.78. The van der Waals surface area contributed by atoms with E-state index >= 15 is 0 Å². The summed E-state index contributed by atoms with van der Waals surface area (Å²) < 4.78 is 0. The minimum Gasteiger partial charge on any atom is -0.313 e. The fraction of sp³-hybridized carbons (Fsp3) is 0.389. The van der Waals surface area contributed by atoms with Gasteiger partial charge in [0.05, 0.1) is 0 Å². The molecule has 1 N–H and O–H groups in total. The lowest BCUT2D eigenvalue weighted by Crippen LogP contribution is -2.12. The summed E-state index contributed by atoms with van der Waals surface area (Å²) in [5, 5.41) is 4.46. The van der Waals surface area contributed by atoms with Crippen LogP contribution in [0.3, 0.4) is 0 Å². The molecule has 0 atom stereocenters. The number of aryl methyl sites for hydroxylation is 3. The van der Waals surface area contributed by atoms with Crippen molar-refractivity contribution in [3.63, 3.8) is 0 Å². The molecule has 110 valence electrons. The molecule has 21 heavy (non-hydrogen) atoms. The molecule has 3 heteroatoms. The van der Waals surface area contributed by atoms with Crippen LogP contribution in [0.4, 0.5) is 0 Å². The van der Waals surface area contributed by atoms with Gasteiger partial charge in [-0.05, 0) is 67.1 Å². The van der Waals surface area contributed by atoms with E-state index in [0.29, 0.717) is 0 Å². The van der Waals surface area contributed by atoms with E-state index < -0.39 is 0 Å². The van der Waals surface area contributed by atoms with Crippen LogP contribution in [0.1, 0.15) is 35.6 Å². The Balaban J connectivity index is 1.75. The van der Waals surface area contributed by atoms with E-state index in [9.17, 15) is 0 Å². The van der Waals surface area contributed by atoms with Crippen LogP contribution in [-0.4, -0.2) is 11.5 Å². The molecule has 1 aromatic carbocycles. The number of benzene rings is 1. The van der Waals surface area contributed by atoms with Crippen molar-refractivity contribution in [3.8, 4) is 0 Å². The molecule has 0 unspecified atom stereocenters. The van der Waals surface area contributed by atoms with Gasteiger partial charge in [0.1, 0.15) is 5.03 Å². The van der Waals surface area contributed by atoms with Gasteiger partial charge in [-0.15, -0.1) is 0 Å².